The molecule has 158 valence electrons. The topological polar surface area (TPSA) is 94.2 Å². The molecule has 1 aliphatic rings. The predicted molar refractivity (Wildman–Crippen MR) is 108 cm³/mol. The highest BCUT2D eigenvalue weighted by molar-refractivity contribution is 6.32. The van der Waals surface area contributed by atoms with Crippen molar-refractivity contribution in [2.24, 2.45) is 0 Å². The van der Waals surface area contributed by atoms with Crippen molar-refractivity contribution in [2.75, 3.05) is 39.5 Å². The van der Waals surface area contributed by atoms with Gasteiger partial charge < -0.3 is 24.4 Å². The van der Waals surface area contributed by atoms with E-state index in [9.17, 15) is 14.4 Å². The first-order chi connectivity index (χ1) is 13.9. The molecule has 1 aliphatic heterocycles. The Bertz CT molecular complexity index is 780. The minimum absolute atomic E-state index is 0.0771. The van der Waals surface area contributed by atoms with Gasteiger partial charge in [-0.05, 0) is 37.6 Å². The van der Waals surface area contributed by atoms with Crippen LogP contribution in [0.3, 0.4) is 0 Å². The second-order valence-corrected chi connectivity index (χ2v) is 6.59. The third-order valence-electron chi connectivity index (χ3n) is 4.02. The maximum Gasteiger partial charge on any atom is 0.331 e. The van der Waals surface area contributed by atoms with Crippen molar-refractivity contribution in [3.63, 3.8) is 0 Å². The first-order valence-electron chi connectivity index (χ1n) is 9.43. The van der Waals surface area contributed by atoms with Gasteiger partial charge in [-0.15, -0.1) is 0 Å². The Balaban J connectivity index is 1.91. The zero-order valence-corrected chi connectivity index (χ0v) is 17.3. The molecule has 9 heteroatoms. The van der Waals surface area contributed by atoms with Crippen LogP contribution in [-0.2, 0) is 19.1 Å². The SMILES string of the molecule is CCNC(=O)CN(CC)C(=O)COC(=O)/C=C/c1cc(Cl)c2c(c1)OCCCO2. The molecule has 0 atom stereocenters. The zero-order chi connectivity index (χ0) is 21.2. The van der Waals surface area contributed by atoms with Crippen molar-refractivity contribution >= 4 is 35.5 Å². The average Bonchev–Trinajstić information content (AvgIpc) is 2.94. The van der Waals surface area contributed by atoms with Crippen molar-refractivity contribution < 1.29 is 28.6 Å². The van der Waals surface area contributed by atoms with Gasteiger partial charge >= 0.3 is 5.97 Å². The normalized spacial score (nSPS) is 12.9. The predicted octanol–water partition coefficient (Wildman–Crippen LogP) is 2.04. The van der Waals surface area contributed by atoms with Crippen LogP contribution < -0.4 is 14.8 Å². The van der Waals surface area contributed by atoms with Crippen LogP contribution in [0.15, 0.2) is 18.2 Å². The van der Waals surface area contributed by atoms with E-state index in [0.29, 0.717) is 48.4 Å². The number of rotatable bonds is 8. The summed E-state index contributed by atoms with van der Waals surface area (Å²) < 4.78 is 16.1. The number of nitrogens with one attached hydrogen (secondary N) is 1. The van der Waals surface area contributed by atoms with Crippen LogP contribution in [0, 0.1) is 0 Å². The summed E-state index contributed by atoms with van der Waals surface area (Å²) in [6, 6.07) is 3.36. The zero-order valence-electron chi connectivity index (χ0n) is 16.5. The van der Waals surface area contributed by atoms with Crippen LogP contribution in [0.4, 0.5) is 0 Å². The lowest BCUT2D eigenvalue weighted by molar-refractivity contribution is -0.148. The number of esters is 1. The monoisotopic (exact) mass is 424 g/mol. The van der Waals surface area contributed by atoms with Gasteiger partial charge in [0.25, 0.3) is 5.91 Å². The Kier molecular flexibility index (Phi) is 8.79. The van der Waals surface area contributed by atoms with Crippen molar-refractivity contribution in [3.8, 4) is 11.5 Å². The summed E-state index contributed by atoms with van der Waals surface area (Å²) in [4.78, 5) is 37.0. The highest BCUT2D eigenvalue weighted by Crippen LogP contribution is 2.38. The fourth-order valence-electron chi connectivity index (χ4n) is 2.59. The van der Waals surface area contributed by atoms with Gasteiger partial charge in [-0.2, -0.15) is 0 Å². The van der Waals surface area contributed by atoms with Gasteiger partial charge in [0, 0.05) is 25.6 Å². The highest BCUT2D eigenvalue weighted by Gasteiger charge is 2.17. The molecule has 1 heterocycles. The van der Waals surface area contributed by atoms with E-state index in [2.05, 4.69) is 5.32 Å². The van der Waals surface area contributed by atoms with Gasteiger partial charge in [-0.1, -0.05) is 11.6 Å². The number of fused-ring (bicyclic) bond motifs is 1. The van der Waals surface area contributed by atoms with Crippen molar-refractivity contribution in [2.45, 2.75) is 20.3 Å². The minimum atomic E-state index is -0.685. The van der Waals surface area contributed by atoms with E-state index in [0.717, 1.165) is 6.42 Å². The average molecular weight is 425 g/mol. The lowest BCUT2D eigenvalue weighted by Crippen LogP contribution is -2.42. The van der Waals surface area contributed by atoms with Gasteiger partial charge in [0.1, 0.15) is 0 Å². The van der Waals surface area contributed by atoms with Gasteiger partial charge in [0.05, 0.1) is 24.8 Å². The lowest BCUT2D eigenvalue weighted by atomic mass is 10.2. The van der Waals surface area contributed by atoms with Crippen LogP contribution in [0.25, 0.3) is 6.08 Å². The van der Waals surface area contributed by atoms with E-state index in [1.54, 1.807) is 26.0 Å². The van der Waals surface area contributed by atoms with E-state index in [1.165, 1.54) is 17.1 Å². The molecule has 29 heavy (non-hydrogen) atoms. The Morgan fingerprint density at radius 1 is 1.24 bits per heavy atom. The molecule has 0 aliphatic carbocycles. The maximum absolute atomic E-state index is 12.1. The van der Waals surface area contributed by atoms with Crippen LogP contribution in [0.5, 0.6) is 11.5 Å². The van der Waals surface area contributed by atoms with Crippen molar-refractivity contribution in [1.82, 2.24) is 10.2 Å². The number of benzene rings is 1. The molecule has 8 nitrogen and oxygen atoms in total. The molecule has 0 unspecified atom stereocenters. The largest absolute Gasteiger partial charge is 0.489 e. The van der Waals surface area contributed by atoms with E-state index < -0.39 is 18.5 Å². The summed E-state index contributed by atoms with van der Waals surface area (Å²) in [6.07, 6.45) is 3.47. The van der Waals surface area contributed by atoms with Crippen LogP contribution in [-0.4, -0.2) is 62.1 Å². The third-order valence-corrected chi connectivity index (χ3v) is 4.30. The number of hydrogen-bond donors (Lipinski definition) is 1. The fraction of sp³-hybridized carbons (Fsp3) is 0.450. The van der Waals surface area contributed by atoms with E-state index in [-0.39, 0.29) is 12.5 Å². The smallest absolute Gasteiger partial charge is 0.331 e. The molecule has 2 amide bonds. The lowest BCUT2D eigenvalue weighted by Gasteiger charge is -2.19. The molecule has 0 saturated heterocycles. The van der Waals surface area contributed by atoms with Crippen LogP contribution >= 0.6 is 11.6 Å². The number of likely N-dealkylation sites (N-methyl/N-ethyl adjacent to an activating group) is 2. The number of halogens is 1. The van der Waals surface area contributed by atoms with Crippen molar-refractivity contribution in [1.29, 1.82) is 0 Å². The van der Waals surface area contributed by atoms with E-state index in [4.69, 9.17) is 25.8 Å². The third kappa shape index (κ3) is 6.98. The molecule has 1 aromatic carbocycles. The number of ether oxygens (including phenoxy) is 3. The van der Waals surface area contributed by atoms with E-state index in [1.807, 2.05) is 0 Å². The number of carbonyl (C=O) groups is 3. The molecule has 0 bridgehead atoms. The minimum Gasteiger partial charge on any atom is -0.489 e. The highest BCUT2D eigenvalue weighted by atomic mass is 35.5. The number of nitrogens with zero attached hydrogens (tertiary/aromatic N) is 1. The van der Waals surface area contributed by atoms with Crippen LogP contribution in [0.2, 0.25) is 5.02 Å². The second-order valence-electron chi connectivity index (χ2n) is 6.18. The molecule has 0 radical (unpaired) electrons. The molecule has 1 aromatic rings. The maximum atomic E-state index is 12.1. The van der Waals surface area contributed by atoms with E-state index >= 15 is 0 Å². The number of carbonyl (C=O) groups excluding carboxylic acids is 3. The van der Waals surface area contributed by atoms with Gasteiger partial charge in [0.2, 0.25) is 5.91 Å². The first-order valence-corrected chi connectivity index (χ1v) is 9.80. The fourth-order valence-corrected chi connectivity index (χ4v) is 2.86. The molecular formula is C20H25ClN2O6. The first kappa shape index (κ1) is 22.5. The van der Waals surface area contributed by atoms with Crippen molar-refractivity contribution in [3.05, 3.63) is 28.8 Å². The van der Waals surface area contributed by atoms with Gasteiger partial charge in [-0.25, -0.2) is 4.79 Å². The molecular weight excluding hydrogens is 400 g/mol. The standard InChI is InChI=1S/C20H25ClN2O6/c1-3-22-17(24)12-23(4-2)18(25)13-29-19(26)7-6-14-10-15(21)20-16(11-14)27-8-5-9-28-20/h6-7,10-11H,3-5,8-9,12-13H2,1-2H3,(H,22,24)/b7-6+. The molecule has 0 saturated carbocycles. The van der Waals surface area contributed by atoms with Gasteiger partial charge in [0.15, 0.2) is 18.1 Å². The number of hydrogen-bond acceptors (Lipinski definition) is 6. The number of amides is 2. The quantitative estimate of drug-likeness (QED) is 0.507. The molecule has 0 aromatic heterocycles. The molecule has 1 N–H and O–H groups in total. The summed E-state index contributed by atoms with van der Waals surface area (Å²) in [7, 11) is 0. The molecule has 0 fully saturated rings. The molecule has 0 spiro atoms. The molecule has 2 rings (SSSR count). The summed E-state index contributed by atoms with van der Waals surface area (Å²) >= 11 is 6.21. The summed E-state index contributed by atoms with van der Waals surface area (Å²) in [5.41, 5.74) is 0.633. The summed E-state index contributed by atoms with van der Waals surface area (Å²) in [5.74, 6) is -0.390. The summed E-state index contributed by atoms with van der Waals surface area (Å²) in [5, 5.41) is 3.00. The van der Waals surface area contributed by atoms with Gasteiger partial charge in [-0.3, -0.25) is 9.59 Å². The Morgan fingerprint density at radius 2 is 2.00 bits per heavy atom. The Morgan fingerprint density at radius 3 is 2.72 bits per heavy atom. The summed E-state index contributed by atoms with van der Waals surface area (Å²) in [6.45, 7) is 4.87. The Hall–Kier alpha value is -2.74. The second kappa shape index (κ2) is 11.3. The Labute approximate surface area is 174 Å². The van der Waals surface area contributed by atoms with Crippen LogP contribution in [0.1, 0.15) is 25.8 Å².